The molecule has 1 aromatic heterocycles. The Bertz CT molecular complexity index is 322. The molecule has 0 aromatic carbocycles. The van der Waals surface area contributed by atoms with Crippen LogP contribution in [0.2, 0.25) is 0 Å². The van der Waals surface area contributed by atoms with Gasteiger partial charge in [-0.15, -0.1) is 5.10 Å². The number of ether oxygens (including phenoxy) is 1. The van der Waals surface area contributed by atoms with Gasteiger partial charge in [0.25, 0.3) is 0 Å². The van der Waals surface area contributed by atoms with Crippen LogP contribution >= 0.6 is 0 Å². The van der Waals surface area contributed by atoms with Crippen molar-refractivity contribution in [2.45, 2.75) is 26.3 Å². The smallest absolute Gasteiger partial charge is 0.316 e. The SMILES string of the molecule is CCn1c(CCC(=O)O)nnc1OC. The highest BCUT2D eigenvalue weighted by atomic mass is 16.5. The molecule has 0 spiro atoms. The van der Waals surface area contributed by atoms with Crippen LogP contribution in [0.1, 0.15) is 19.2 Å². The normalized spacial score (nSPS) is 10.1. The third-order valence-electron chi connectivity index (χ3n) is 1.85. The molecule has 78 valence electrons. The first-order chi connectivity index (χ1) is 6.69. The van der Waals surface area contributed by atoms with E-state index >= 15 is 0 Å². The van der Waals surface area contributed by atoms with E-state index in [0.717, 1.165) is 0 Å². The van der Waals surface area contributed by atoms with Gasteiger partial charge in [0.05, 0.1) is 13.5 Å². The van der Waals surface area contributed by atoms with Gasteiger partial charge in [0, 0.05) is 13.0 Å². The monoisotopic (exact) mass is 199 g/mol. The summed E-state index contributed by atoms with van der Waals surface area (Å²) in [4.78, 5) is 10.4. The molecule has 6 heteroatoms. The Morgan fingerprint density at radius 2 is 2.29 bits per heavy atom. The summed E-state index contributed by atoms with van der Waals surface area (Å²) in [5, 5.41) is 16.1. The Balaban J connectivity index is 2.75. The Morgan fingerprint density at radius 1 is 1.57 bits per heavy atom. The van der Waals surface area contributed by atoms with Crippen LogP contribution in [-0.2, 0) is 17.8 Å². The fourth-order valence-corrected chi connectivity index (χ4v) is 1.19. The number of nitrogens with zero attached hydrogens (tertiary/aromatic N) is 3. The molecule has 0 aliphatic carbocycles. The van der Waals surface area contributed by atoms with Crippen molar-refractivity contribution >= 4 is 5.97 Å². The zero-order valence-electron chi connectivity index (χ0n) is 8.23. The standard InChI is InChI=1S/C8H13N3O3/c1-3-11-6(4-5-7(12)13)9-10-8(11)14-2/h3-5H2,1-2H3,(H,12,13). The highest BCUT2D eigenvalue weighted by Crippen LogP contribution is 2.10. The van der Waals surface area contributed by atoms with E-state index in [1.165, 1.54) is 7.11 Å². The average Bonchev–Trinajstić information content (AvgIpc) is 2.56. The molecular weight excluding hydrogens is 186 g/mol. The van der Waals surface area contributed by atoms with Crippen molar-refractivity contribution in [3.8, 4) is 6.01 Å². The van der Waals surface area contributed by atoms with E-state index in [2.05, 4.69) is 10.2 Å². The van der Waals surface area contributed by atoms with Crippen molar-refractivity contribution in [1.29, 1.82) is 0 Å². The van der Waals surface area contributed by atoms with Crippen molar-refractivity contribution in [3.05, 3.63) is 5.82 Å². The molecule has 1 rings (SSSR count). The summed E-state index contributed by atoms with van der Waals surface area (Å²) in [6, 6.07) is 0.424. The van der Waals surface area contributed by atoms with E-state index < -0.39 is 5.97 Å². The van der Waals surface area contributed by atoms with E-state index in [1.54, 1.807) is 4.57 Å². The molecule has 0 unspecified atom stereocenters. The largest absolute Gasteiger partial charge is 0.481 e. The van der Waals surface area contributed by atoms with Crippen LogP contribution in [0.25, 0.3) is 0 Å². The number of rotatable bonds is 5. The number of aromatic nitrogens is 3. The van der Waals surface area contributed by atoms with Crippen LogP contribution in [0, 0.1) is 0 Å². The van der Waals surface area contributed by atoms with Crippen LogP contribution in [0.5, 0.6) is 6.01 Å². The van der Waals surface area contributed by atoms with Gasteiger partial charge in [-0.1, -0.05) is 5.10 Å². The van der Waals surface area contributed by atoms with E-state index in [-0.39, 0.29) is 6.42 Å². The number of carbonyl (C=O) groups is 1. The number of aryl methyl sites for hydroxylation is 1. The molecule has 0 bridgehead atoms. The zero-order valence-corrected chi connectivity index (χ0v) is 8.23. The number of carboxylic acids is 1. The molecule has 0 radical (unpaired) electrons. The van der Waals surface area contributed by atoms with E-state index in [4.69, 9.17) is 9.84 Å². The number of aliphatic carboxylic acids is 1. The maximum Gasteiger partial charge on any atom is 0.316 e. The van der Waals surface area contributed by atoms with E-state index in [1.807, 2.05) is 6.92 Å². The van der Waals surface area contributed by atoms with E-state index in [9.17, 15) is 4.79 Å². The number of carboxylic acid groups (broad SMARTS) is 1. The summed E-state index contributed by atoms with van der Waals surface area (Å²) in [6.07, 6.45) is 0.432. The quantitative estimate of drug-likeness (QED) is 0.739. The van der Waals surface area contributed by atoms with Crippen LogP contribution < -0.4 is 4.74 Å². The van der Waals surface area contributed by atoms with Crippen LogP contribution in [0.15, 0.2) is 0 Å². The molecule has 6 nitrogen and oxygen atoms in total. The Kier molecular flexibility index (Phi) is 3.44. The Hall–Kier alpha value is -1.59. The van der Waals surface area contributed by atoms with Gasteiger partial charge >= 0.3 is 12.0 Å². The van der Waals surface area contributed by atoms with Crippen molar-refractivity contribution in [2.24, 2.45) is 0 Å². The van der Waals surface area contributed by atoms with E-state index in [0.29, 0.717) is 24.8 Å². The Labute approximate surface area is 81.5 Å². The predicted molar refractivity (Wildman–Crippen MR) is 48.2 cm³/mol. The lowest BCUT2D eigenvalue weighted by Crippen LogP contribution is -2.06. The van der Waals surface area contributed by atoms with Crippen LogP contribution in [0.4, 0.5) is 0 Å². The van der Waals surface area contributed by atoms with Gasteiger partial charge in [0.2, 0.25) is 0 Å². The van der Waals surface area contributed by atoms with Crippen LogP contribution in [-0.4, -0.2) is 33.0 Å². The molecule has 0 saturated heterocycles. The highest BCUT2D eigenvalue weighted by Gasteiger charge is 2.11. The first kappa shape index (κ1) is 10.5. The van der Waals surface area contributed by atoms with Gasteiger partial charge < -0.3 is 9.84 Å². The van der Waals surface area contributed by atoms with Gasteiger partial charge in [-0.05, 0) is 6.92 Å². The number of hydrogen-bond donors (Lipinski definition) is 1. The molecule has 1 heterocycles. The van der Waals surface area contributed by atoms with Crippen LogP contribution in [0.3, 0.4) is 0 Å². The van der Waals surface area contributed by atoms with Crippen molar-refractivity contribution in [1.82, 2.24) is 14.8 Å². The second-order valence-corrected chi connectivity index (χ2v) is 2.74. The maximum absolute atomic E-state index is 10.4. The first-order valence-electron chi connectivity index (χ1n) is 4.36. The Morgan fingerprint density at radius 3 is 2.79 bits per heavy atom. The fourth-order valence-electron chi connectivity index (χ4n) is 1.19. The summed E-state index contributed by atoms with van der Waals surface area (Å²) in [6.45, 7) is 2.60. The lowest BCUT2D eigenvalue weighted by molar-refractivity contribution is -0.137. The molecule has 0 fully saturated rings. The topological polar surface area (TPSA) is 77.2 Å². The van der Waals surface area contributed by atoms with Crippen molar-refractivity contribution < 1.29 is 14.6 Å². The van der Waals surface area contributed by atoms with Gasteiger partial charge in [0.15, 0.2) is 0 Å². The van der Waals surface area contributed by atoms with Gasteiger partial charge in [0.1, 0.15) is 5.82 Å². The minimum absolute atomic E-state index is 0.0574. The van der Waals surface area contributed by atoms with Gasteiger partial charge in [-0.25, -0.2) is 0 Å². The first-order valence-corrected chi connectivity index (χ1v) is 4.36. The summed E-state index contributed by atoms with van der Waals surface area (Å²) in [5.74, 6) is -0.193. The number of hydrogen-bond acceptors (Lipinski definition) is 4. The second-order valence-electron chi connectivity index (χ2n) is 2.74. The lowest BCUT2D eigenvalue weighted by Gasteiger charge is -2.04. The average molecular weight is 199 g/mol. The molecule has 0 amide bonds. The van der Waals surface area contributed by atoms with Crippen molar-refractivity contribution in [2.75, 3.05) is 7.11 Å². The predicted octanol–water partition coefficient (Wildman–Crippen LogP) is 0.324. The summed E-state index contributed by atoms with van der Waals surface area (Å²) in [5.41, 5.74) is 0. The molecule has 0 aliphatic heterocycles. The molecule has 0 saturated carbocycles. The molecule has 1 aromatic rings. The minimum Gasteiger partial charge on any atom is -0.481 e. The fraction of sp³-hybridized carbons (Fsp3) is 0.625. The third-order valence-corrected chi connectivity index (χ3v) is 1.85. The second kappa shape index (κ2) is 4.59. The zero-order chi connectivity index (χ0) is 10.6. The maximum atomic E-state index is 10.4. The molecular formula is C8H13N3O3. The molecule has 1 N–H and O–H groups in total. The molecule has 0 atom stereocenters. The summed E-state index contributed by atoms with van der Waals surface area (Å²) >= 11 is 0. The highest BCUT2D eigenvalue weighted by molar-refractivity contribution is 5.66. The molecule has 14 heavy (non-hydrogen) atoms. The van der Waals surface area contributed by atoms with Crippen molar-refractivity contribution in [3.63, 3.8) is 0 Å². The number of methoxy groups -OCH3 is 1. The third kappa shape index (κ3) is 2.21. The van der Waals surface area contributed by atoms with Gasteiger partial charge in [-0.2, -0.15) is 0 Å². The summed E-state index contributed by atoms with van der Waals surface area (Å²) in [7, 11) is 1.51. The minimum atomic E-state index is -0.838. The molecule has 0 aliphatic rings. The lowest BCUT2D eigenvalue weighted by atomic mass is 10.3. The van der Waals surface area contributed by atoms with Gasteiger partial charge in [-0.3, -0.25) is 9.36 Å². The summed E-state index contributed by atoms with van der Waals surface area (Å²) < 4.78 is 6.72.